The van der Waals surface area contributed by atoms with Crippen LogP contribution in [0.5, 0.6) is 0 Å². The number of fused-ring (bicyclic) bond motifs is 1. The maximum atomic E-state index is 13.2. The molecule has 2 aromatic heterocycles. The van der Waals surface area contributed by atoms with Gasteiger partial charge in [-0.15, -0.1) is 0 Å². The lowest BCUT2D eigenvalue weighted by Crippen LogP contribution is -2.56. The van der Waals surface area contributed by atoms with Crippen molar-refractivity contribution in [3.8, 4) is 0 Å². The maximum absolute atomic E-state index is 13.2. The highest BCUT2D eigenvalue weighted by Crippen LogP contribution is 2.27. The summed E-state index contributed by atoms with van der Waals surface area (Å²) < 4.78 is 0. The molecule has 3 aromatic rings. The van der Waals surface area contributed by atoms with Crippen LogP contribution in [0.2, 0.25) is 0 Å². The molecule has 1 N–H and O–H groups in total. The normalized spacial score (nSPS) is 15.3. The molecule has 162 valence electrons. The molecule has 1 saturated heterocycles. The van der Waals surface area contributed by atoms with E-state index in [0.29, 0.717) is 26.2 Å². The molecule has 0 aliphatic carbocycles. The smallest absolute Gasteiger partial charge is 0.245 e. The number of anilines is 1. The second-order valence-corrected chi connectivity index (χ2v) is 9.04. The summed E-state index contributed by atoms with van der Waals surface area (Å²) in [5, 5.41) is 3.90. The molecule has 2 amide bonds. The summed E-state index contributed by atoms with van der Waals surface area (Å²) in [6, 6.07) is 12.9. The fourth-order valence-corrected chi connectivity index (χ4v) is 4.69. The van der Waals surface area contributed by atoms with Crippen LogP contribution in [0, 0.1) is 5.92 Å². The van der Waals surface area contributed by atoms with Crippen molar-refractivity contribution in [2.45, 2.75) is 26.3 Å². The largest absolute Gasteiger partial charge is 0.344 e. The Kier molecular flexibility index (Phi) is 6.46. The van der Waals surface area contributed by atoms with E-state index in [0.717, 1.165) is 21.0 Å². The first-order valence-corrected chi connectivity index (χ1v) is 11.4. The van der Waals surface area contributed by atoms with E-state index in [-0.39, 0.29) is 24.2 Å². The van der Waals surface area contributed by atoms with Crippen molar-refractivity contribution in [2.24, 2.45) is 5.92 Å². The Morgan fingerprint density at radius 1 is 1.06 bits per heavy atom. The average molecular weight is 438 g/mol. The van der Waals surface area contributed by atoms with Crippen LogP contribution in [0.3, 0.4) is 0 Å². The number of nitrogens with zero attached hydrogens (tertiary/aromatic N) is 4. The monoisotopic (exact) mass is 437 g/mol. The number of rotatable bonds is 6. The number of benzene rings is 1. The zero-order valence-electron chi connectivity index (χ0n) is 17.8. The third-order valence-corrected chi connectivity index (χ3v) is 6.51. The number of carbonyl (C=O) groups is 2. The SMILES string of the molecule is CC(C)C(NC(=O)Cc1ccccc1)C(=O)N1CCN(c2nc3cccnc3s2)CC1. The molecule has 0 saturated carbocycles. The van der Waals surface area contributed by atoms with Crippen molar-refractivity contribution >= 4 is 38.6 Å². The number of nitrogens with one attached hydrogen (secondary N) is 1. The first-order chi connectivity index (χ1) is 15.0. The third-order valence-electron chi connectivity index (χ3n) is 5.47. The van der Waals surface area contributed by atoms with Gasteiger partial charge in [-0.1, -0.05) is 55.5 Å². The third kappa shape index (κ3) is 5.02. The lowest BCUT2D eigenvalue weighted by molar-refractivity contribution is -0.137. The molecule has 1 fully saturated rings. The van der Waals surface area contributed by atoms with Crippen LogP contribution in [0.1, 0.15) is 19.4 Å². The minimum atomic E-state index is -0.519. The van der Waals surface area contributed by atoms with Crippen molar-refractivity contribution in [1.29, 1.82) is 0 Å². The number of carbonyl (C=O) groups excluding carboxylic acids is 2. The van der Waals surface area contributed by atoms with Gasteiger partial charge in [0.1, 0.15) is 16.4 Å². The van der Waals surface area contributed by atoms with Crippen LogP contribution >= 0.6 is 11.3 Å². The summed E-state index contributed by atoms with van der Waals surface area (Å²) >= 11 is 1.58. The van der Waals surface area contributed by atoms with Gasteiger partial charge >= 0.3 is 0 Å². The van der Waals surface area contributed by atoms with E-state index in [2.05, 4.69) is 20.2 Å². The molecule has 4 rings (SSSR count). The Labute approximate surface area is 186 Å². The van der Waals surface area contributed by atoms with Gasteiger partial charge in [-0.05, 0) is 23.6 Å². The molecule has 31 heavy (non-hydrogen) atoms. The fourth-order valence-electron chi connectivity index (χ4n) is 3.73. The molecular formula is C23H27N5O2S. The Balaban J connectivity index is 1.35. The van der Waals surface area contributed by atoms with Gasteiger partial charge in [0.05, 0.1) is 6.42 Å². The Hall–Kier alpha value is -3.00. The van der Waals surface area contributed by atoms with E-state index in [1.54, 1.807) is 17.5 Å². The molecule has 1 atom stereocenters. The van der Waals surface area contributed by atoms with Gasteiger partial charge in [-0.3, -0.25) is 9.59 Å². The molecule has 0 radical (unpaired) electrons. The maximum Gasteiger partial charge on any atom is 0.245 e. The summed E-state index contributed by atoms with van der Waals surface area (Å²) in [7, 11) is 0. The van der Waals surface area contributed by atoms with E-state index < -0.39 is 6.04 Å². The van der Waals surface area contributed by atoms with Crippen LogP contribution in [-0.2, 0) is 16.0 Å². The highest BCUT2D eigenvalue weighted by Gasteiger charge is 2.31. The number of pyridine rings is 1. The van der Waals surface area contributed by atoms with Crippen LogP contribution in [0.15, 0.2) is 48.7 Å². The quantitative estimate of drug-likeness (QED) is 0.642. The van der Waals surface area contributed by atoms with Crippen molar-refractivity contribution in [2.75, 3.05) is 31.1 Å². The molecule has 1 aliphatic heterocycles. The number of hydrogen-bond acceptors (Lipinski definition) is 6. The molecule has 0 bridgehead atoms. The van der Waals surface area contributed by atoms with E-state index >= 15 is 0 Å². The number of aromatic nitrogens is 2. The predicted octanol–water partition coefficient (Wildman–Crippen LogP) is 2.72. The number of piperazine rings is 1. The zero-order chi connectivity index (χ0) is 21.8. The lowest BCUT2D eigenvalue weighted by Gasteiger charge is -2.37. The number of hydrogen-bond donors (Lipinski definition) is 1. The van der Waals surface area contributed by atoms with Gasteiger partial charge in [-0.25, -0.2) is 9.97 Å². The molecule has 1 aromatic carbocycles. The van der Waals surface area contributed by atoms with Gasteiger partial charge in [-0.2, -0.15) is 0 Å². The second-order valence-electron chi connectivity index (χ2n) is 8.09. The summed E-state index contributed by atoms with van der Waals surface area (Å²) in [6.45, 7) is 6.59. The highest BCUT2D eigenvalue weighted by atomic mass is 32.1. The first kappa shape index (κ1) is 21.2. The summed E-state index contributed by atoms with van der Waals surface area (Å²) in [6.07, 6.45) is 2.05. The van der Waals surface area contributed by atoms with Crippen molar-refractivity contribution < 1.29 is 9.59 Å². The van der Waals surface area contributed by atoms with Crippen molar-refractivity contribution in [3.05, 3.63) is 54.2 Å². The van der Waals surface area contributed by atoms with E-state index in [1.165, 1.54) is 0 Å². The van der Waals surface area contributed by atoms with Gasteiger partial charge in [0.25, 0.3) is 0 Å². The lowest BCUT2D eigenvalue weighted by atomic mass is 10.0. The van der Waals surface area contributed by atoms with E-state index in [9.17, 15) is 9.59 Å². The zero-order valence-corrected chi connectivity index (χ0v) is 18.6. The second kappa shape index (κ2) is 9.43. The number of thiazole rings is 1. The van der Waals surface area contributed by atoms with Crippen LogP contribution in [-0.4, -0.2) is 58.9 Å². The fraction of sp³-hybridized carbons (Fsp3) is 0.391. The molecule has 1 aliphatic rings. The van der Waals surface area contributed by atoms with Crippen LogP contribution in [0.25, 0.3) is 10.3 Å². The van der Waals surface area contributed by atoms with E-state index in [4.69, 9.17) is 0 Å². The van der Waals surface area contributed by atoms with Crippen LogP contribution in [0.4, 0.5) is 5.13 Å². The van der Waals surface area contributed by atoms with Gasteiger partial charge in [0, 0.05) is 32.4 Å². The summed E-state index contributed by atoms with van der Waals surface area (Å²) in [5.41, 5.74) is 1.84. The van der Waals surface area contributed by atoms with Gasteiger partial charge < -0.3 is 15.1 Å². The van der Waals surface area contributed by atoms with Crippen molar-refractivity contribution in [3.63, 3.8) is 0 Å². The van der Waals surface area contributed by atoms with Gasteiger partial charge in [0.15, 0.2) is 5.13 Å². The molecule has 1 unspecified atom stereocenters. The van der Waals surface area contributed by atoms with Crippen molar-refractivity contribution in [1.82, 2.24) is 20.2 Å². The Morgan fingerprint density at radius 2 is 1.81 bits per heavy atom. The number of amides is 2. The molecule has 8 heteroatoms. The standard InChI is InChI=1S/C23H27N5O2S/c1-16(2)20(26-19(29)15-17-7-4-3-5-8-17)22(30)27-11-13-28(14-12-27)23-25-18-9-6-10-24-21(18)31-23/h3-10,16,20H,11-15H2,1-2H3,(H,26,29). The highest BCUT2D eigenvalue weighted by molar-refractivity contribution is 7.21. The Bertz CT molecular complexity index is 1010. The minimum Gasteiger partial charge on any atom is -0.344 e. The Morgan fingerprint density at radius 3 is 2.48 bits per heavy atom. The van der Waals surface area contributed by atoms with E-state index in [1.807, 2.05) is 61.2 Å². The van der Waals surface area contributed by atoms with Crippen LogP contribution < -0.4 is 10.2 Å². The minimum absolute atomic E-state index is 0.0120. The molecular weight excluding hydrogens is 410 g/mol. The topological polar surface area (TPSA) is 78.4 Å². The molecule has 3 heterocycles. The summed E-state index contributed by atoms with van der Waals surface area (Å²) in [4.78, 5) is 39.7. The summed E-state index contributed by atoms with van der Waals surface area (Å²) in [5.74, 6) is -0.124. The predicted molar refractivity (Wildman–Crippen MR) is 123 cm³/mol. The van der Waals surface area contributed by atoms with Gasteiger partial charge in [0.2, 0.25) is 11.8 Å². The molecule has 7 nitrogen and oxygen atoms in total. The molecule has 0 spiro atoms. The first-order valence-electron chi connectivity index (χ1n) is 10.6. The average Bonchev–Trinajstić information content (AvgIpc) is 3.22.